The van der Waals surface area contributed by atoms with Gasteiger partial charge in [0.15, 0.2) is 0 Å². The van der Waals surface area contributed by atoms with Crippen LogP contribution in [0.1, 0.15) is 62.8 Å². The monoisotopic (exact) mass is 274 g/mol. The first-order valence-electron chi connectivity index (χ1n) is 8.17. The predicted octanol–water partition coefficient (Wildman–Crippen LogP) is 3.47. The molecule has 1 aromatic heterocycles. The molecule has 3 rings (SSSR count). The van der Waals surface area contributed by atoms with Gasteiger partial charge >= 0.3 is 0 Å². The van der Waals surface area contributed by atoms with Crippen molar-refractivity contribution in [1.29, 1.82) is 0 Å². The zero-order chi connectivity index (χ0) is 13.9. The van der Waals surface area contributed by atoms with Crippen molar-refractivity contribution in [3.63, 3.8) is 0 Å². The fourth-order valence-electron chi connectivity index (χ4n) is 2.87. The van der Waals surface area contributed by atoms with Crippen LogP contribution in [0.15, 0.2) is 0 Å². The number of nitrogens with one attached hydrogen (secondary N) is 1. The number of anilines is 2. The largest absolute Gasteiger partial charge is 0.370 e. The van der Waals surface area contributed by atoms with E-state index in [1.54, 1.807) is 0 Å². The van der Waals surface area contributed by atoms with Crippen LogP contribution in [0, 0.1) is 6.92 Å². The third-order valence-electron chi connectivity index (χ3n) is 4.28. The van der Waals surface area contributed by atoms with Crippen LogP contribution in [-0.2, 0) is 0 Å². The zero-order valence-corrected chi connectivity index (χ0v) is 12.8. The topological polar surface area (TPSA) is 41.1 Å². The Labute approximate surface area is 122 Å². The predicted molar refractivity (Wildman–Crippen MR) is 83.6 cm³/mol. The minimum absolute atomic E-state index is 0.612. The summed E-state index contributed by atoms with van der Waals surface area (Å²) >= 11 is 0. The molecule has 20 heavy (non-hydrogen) atoms. The van der Waals surface area contributed by atoms with Gasteiger partial charge < -0.3 is 10.2 Å². The number of piperidine rings is 1. The maximum absolute atomic E-state index is 4.90. The molecular weight excluding hydrogens is 248 g/mol. The van der Waals surface area contributed by atoms with E-state index < -0.39 is 0 Å². The van der Waals surface area contributed by atoms with Gasteiger partial charge in [-0.2, -0.15) is 0 Å². The molecule has 1 aliphatic heterocycles. The number of nitrogens with zero attached hydrogens (tertiary/aromatic N) is 3. The highest BCUT2D eigenvalue weighted by Crippen LogP contribution is 2.40. The molecule has 110 valence electrons. The van der Waals surface area contributed by atoms with Crippen LogP contribution < -0.4 is 10.2 Å². The van der Waals surface area contributed by atoms with Gasteiger partial charge in [0.05, 0.1) is 0 Å². The van der Waals surface area contributed by atoms with Crippen molar-refractivity contribution in [2.24, 2.45) is 0 Å². The summed E-state index contributed by atoms with van der Waals surface area (Å²) in [6, 6.07) is 0. The van der Waals surface area contributed by atoms with E-state index in [0.717, 1.165) is 37.7 Å². The van der Waals surface area contributed by atoms with E-state index in [9.17, 15) is 0 Å². The first-order valence-corrected chi connectivity index (χ1v) is 8.17. The lowest BCUT2D eigenvalue weighted by Gasteiger charge is -2.30. The number of aromatic nitrogens is 2. The van der Waals surface area contributed by atoms with Gasteiger partial charge in [0.2, 0.25) is 0 Å². The summed E-state index contributed by atoms with van der Waals surface area (Å²) in [6.07, 6.45) is 7.59. The lowest BCUT2D eigenvalue weighted by Crippen LogP contribution is -2.31. The van der Waals surface area contributed by atoms with Crippen LogP contribution in [0.25, 0.3) is 0 Å². The van der Waals surface area contributed by atoms with Crippen molar-refractivity contribution in [3.05, 3.63) is 11.4 Å². The number of hydrogen-bond donors (Lipinski definition) is 1. The standard InChI is InChI=1S/C16H26N4/c1-3-9-17-14-12(2)16(20-10-5-4-6-11-20)19-15(18-14)13-7-8-13/h13H,3-11H2,1-2H3,(H,17,18,19). The van der Waals surface area contributed by atoms with Crippen molar-refractivity contribution < 1.29 is 0 Å². The van der Waals surface area contributed by atoms with E-state index in [1.807, 2.05) is 0 Å². The molecule has 1 aliphatic carbocycles. The van der Waals surface area contributed by atoms with Gasteiger partial charge in [-0.15, -0.1) is 0 Å². The highest BCUT2D eigenvalue weighted by Gasteiger charge is 2.29. The van der Waals surface area contributed by atoms with Crippen LogP contribution in [0.5, 0.6) is 0 Å². The van der Waals surface area contributed by atoms with Crippen LogP contribution >= 0.6 is 0 Å². The first kappa shape index (κ1) is 13.7. The molecule has 0 atom stereocenters. The minimum atomic E-state index is 0.612. The summed E-state index contributed by atoms with van der Waals surface area (Å²) in [5.74, 6) is 3.92. The molecule has 0 spiro atoms. The molecule has 0 unspecified atom stereocenters. The molecule has 2 fully saturated rings. The Balaban J connectivity index is 1.91. The van der Waals surface area contributed by atoms with Gasteiger partial charge in [-0.1, -0.05) is 6.92 Å². The molecule has 2 aliphatic rings. The average molecular weight is 274 g/mol. The molecule has 0 aromatic carbocycles. The Morgan fingerprint density at radius 2 is 1.90 bits per heavy atom. The Bertz CT molecular complexity index is 462. The lowest BCUT2D eigenvalue weighted by molar-refractivity contribution is 0.571. The Morgan fingerprint density at radius 1 is 1.15 bits per heavy atom. The summed E-state index contributed by atoms with van der Waals surface area (Å²) < 4.78 is 0. The van der Waals surface area contributed by atoms with Gasteiger partial charge in [0.25, 0.3) is 0 Å². The maximum Gasteiger partial charge on any atom is 0.137 e. The lowest BCUT2D eigenvalue weighted by atomic mass is 10.1. The second kappa shape index (κ2) is 5.98. The molecule has 1 saturated heterocycles. The number of rotatable bonds is 5. The van der Waals surface area contributed by atoms with E-state index in [1.165, 1.54) is 43.5 Å². The van der Waals surface area contributed by atoms with E-state index in [0.29, 0.717) is 5.92 Å². The molecule has 1 saturated carbocycles. The summed E-state index contributed by atoms with van der Waals surface area (Å²) in [5.41, 5.74) is 1.23. The molecule has 1 aromatic rings. The third-order valence-corrected chi connectivity index (χ3v) is 4.28. The molecule has 4 nitrogen and oxygen atoms in total. The summed E-state index contributed by atoms with van der Waals surface area (Å²) in [5, 5.41) is 3.49. The van der Waals surface area contributed by atoms with E-state index in [2.05, 4.69) is 24.1 Å². The quantitative estimate of drug-likeness (QED) is 0.892. The van der Waals surface area contributed by atoms with Gasteiger partial charge in [-0.25, -0.2) is 9.97 Å². The van der Waals surface area contributed by atoms with Crippen molar-refractivity contribution >= 4 is 11.6 Å². The third kappa shape index (κ3) is 2.89. The fraction of sp³-hybridized carbons (Fsp3) is 0.750. The SMILES string of the molecule is CCCNc1nc(C2CC2)nc(N2CCCCC2)c1C. The summed E-state index contributed by atoms with van der Waals surface area (Å²) in [6.45, 7) is 7.64. The normalized spacial score (nSPS) is 19.2. The summed E-state index contributed by atoms with van der Waals surface area (Å²) in [7, 11) is 0. The summed E-state index contributed by atoms with van der Waals surface area (Å²) in [4.78, 5) is 12.1. The Morgan fingerprint density at radius 3 is 2.55 bits per heavy atom. The van der Waals surface area contributed by atoms with Crippen LogP contribution in [0.2, 0.25) is 0 Å². The number of hydrogen-bond acceptors (Lipinski definition) is 4. The molecule has 0 amide bonds. The molecule has 2 heterocycles. The first-order chi connectivity index (χ1) is 9.79. The molecule has 1 N–H and O–H groups in total. The van der Waals surface area contributed by atoms with Crippen molar-refractivity contribution in [3.8, 4) is 0 Å². The fourth-order valence-corrected chi connectivity index (χ4v) is 2.87. The highest BCUT2D eigenvalue weighted by molar-refractivity contribution is 5.59. The second-order valence-electron chi connectivity index (χ2n) is 6.13. The smallest absolute Gasteiger partial charge is 0.137 e. The highest BCUT2D eigenvalue weighted by atomic mass is 15.2. The minimum Gasteiger partial charge on any atom is -0.370 e. The van der Waals surface area contributed by atoms with Gasteiger partial charge in [0.1, 0.15) is 17.5 Å². The van der Waals surface area contributed by atoms with Crippen LogP contribution in [0.3, 0.4) is 0 Å². The van der Waals surface area contributed by atoms with Crippen LogP contribution in [0.4, 0.5) is 11.6 Å². The van der Waals surface area contributed by atoms with E-state index in [-0.39, 0.29) is 0 Å². The molecule has 0 bridgehead atoms. The van der Waals surface area contributed by atoms with Gasteiger partial charge in [-0.3, -0.25) is 0 Å². The Kier molecular flexibility index (Phi) is 4.08. The molecular formula is C16H26N4. The average Bonchev–Trinajstić information content (AvgIpc) is 3.32. The van der Waals surface area contributed by atoms with Gasteiger partial charge in [0, 0.05) is 31.1 Å². The van der Waals surface area contributed by atoms with E-state index >= 15 is 0 Å². The van der Waals surface area contributed by atoms with E-state index in [4.69, 9.17) is 9.97 Å². The molecule has 4 heteroatoms. The van der Waals surface area contributed by atoms with Crippen molar-refractivity contribution in [2.75, 3.05) is 29.9 Å². The van der Waals surface area contributed by atoms with Crippen molar-refractivity contribution in [2.45, 2.75) is 58.3 Å². The zero-order valence-electron chi connectivity index (χ0n) is 12.8. The van der Waals surface area contributed by atoms with Gasteiger partial charge in [-0.05, 0) is 45.4 Å². The Hall–Kier alpha value is -1.32. The van der Waals surface area contributed by atoms with Crippen molar-refractivity contribution in [1.82, 2.24) is 9.97 Å². The maximum atomic E-state index is 4.90. The second-order valence-corrected chi connectivity index (χ2v) is 6.13. The van der Waals surface area contributed by atoms with Crippen LogP contribution in [-0.4, -0.2) is 29.6 Å². The molecule has 0 radical (unpaired) electrons.